The van der Waals surface area contributed by atoms with Gasteiger partial charge in [-0.2, -0.15) is 0 Å². The van der Waals surface area contributed by atoms with E-state index >= 15 is 0 Å². The maximum atomic E-state index is 12.5. The minimum Gasteiger partial charge on any atom is -0.384 e. The zero-order valence-electron chi connectivity index (χ0n) is 16.6. The van der Waals surface area contributed by atoms with Crippen LogP contribution in [0, 0.1) is 5.41 Å². The van der Waals surface area contributed by atoms with Crippen LogP contribution in [-0.2, 0) is 20.2 Å². The van der Waals surface area contributed by atoms with Crippen molar-refractivity contribution in [1.82, 2.24) is 0 Å². The van der Waals surface area contributed by atoms with Crippen LogP contribution in [0.5, 0.6) is 0 Å². The summed E-state index contributed by atoms with van der Waals surface area (Å²) in [6.07, 6.45) is 0.552. The lowest BCUT2D eigenvalue weighted by molar-refractivity contribution is -0.120. The molecule has 4 rings (SSSR count). The van der Waals surface area contributed by atoms with Crippen LogP contribution < -0.4 is 16.6 Å². The monoisotopic (exact) mass is 434 g/mol. The third-order valence-corrected chi connectivity index (χ3v) is 6.87. The lowest BCUT2D eigenvalue weighted by atomic mass is 9.88. The van der Waals surface area contributed by atoms with Crippen molar-refractivity contribution < 1.29 is 13.2 Å². The van der Waals surface area contributed by atoms with Gasteiger partial charge in [-0.25, -0.2) is 13.6 Å². The third-order valence-electron chi connectivity index (χ3n) is 5.91. The first-order chi connectivity index (χ1) is 14.6. The fourth-order valence-electron chi connectivity index (χ4n) is 4.22. The molecule has 1 aliphatic carbocycles. The first-order valence-corrected chi connectivity index (χ1v) is 11.2. The molecule has 2 unspecified atom stereocenters. The summed E-state index contributed by atoms with van der Waals surface area (Å²) in [5.41, 5.74) is 14.0. The summed E-state index contributed by atoms with van der Waals surface area (Å²) in [5.74, 6) is -0.583. The molecule has 0 saturated heterocycles. The normalized spacial score (nSPS) is 20.2. The van der Waals surface area contributed by atoms with Crippen molar-refractivity contribution in [3.05, 3.63) is 89.5 Å². The van der Waals surface area contributed by atoms with Crippen LogP contribution in [0.3, 0.4) is 0 Å². The molecule has 8 heteroatoms. The Bertz CT molecular complexity index is 1300. The van der Waals surface area contributed by atoms with Crippen molar-refractivity contribution in [2.24, 2.45) is 16.6 Å². The average Bonchev–Trinajstić information content (AvgIpc) is 3.51. The zero-order chi connectivity index (χ0) is 22.4. The van der Waals surface area contributed by atoms with Gasteiger partial charge in [0.1, 0.15) is 5.84 Å². The predicted molar refractivity (Wildman–Crippen MR) is 119 cm³/mol. The van der Waals surface area contributed by atoms with E-state index in [1.807, 2.05) is 18.2 Å². The topological polar surface area (TPSA) is 153 Å². The van der Waals surface area contributed by atoms with Gasteiger partial charge in [-0.05, 0) is 35.2 Å². The number of sulfonamides is 1. The molecule has 0 heterocycles. The highest BCUT2D eigenvalue weighted by molar-refractivity contribution is 7.89. The molecule has 7 N–H and O–H groups in total. The van der Waals surface area contributed by atoms with Gasteiger partial charge in [-0.1, -0.05) is 60.7 Å². The summed E-state index contributed by atoms with van der Waals surface area (Å²) in [4.78, 5) is 12.5. The van der Waals surface area contributed by atoms with Crippen LogP contribution in [0.4, 0.5) is 0 Å². The highest BCUT2D eigenvalue weighted by Gasteiger charge is 2.60. The summed E-state index contributed by atoms with van der Waals surface area (Å²) >= 11 is 0. The van der Waals surface area contributed by atoms with Crippen LogP contribution in [0.25, 0.3) is 11.1 Å². The summed E-state index contributed by atoms with van der Waals surface area (Å²) in [6, 6.07) is 20.9. The number of benzene rings is 3. The van der Waals surface area contributed by atoms with Crippen molar-refractivity contribution in [3.63, 3.8) is 0 Å². The Morgan fingerprint density at radius 3 is 2.26 bits per heavy atom. The second-order valence-corrected chi connectivity index (χ2v) is 9.28. The maximum absolute atomic E-state index is 12.5. The van der Waals surface area contributed by atoms with Crippen molar-refractivity contribution in [3.8, 4) is 11.1 Å². The molecule has 2 atom stereocenters. The number of nitrogen functional groups attached to an aromatic ring is 1. The minimum atomic E-state index is -3.88. The Morgan fingerprint density at radius 1 is 0.968 bits per heavy atom. The molecule has 158 valence electrons. The molecular formula is C23H22N4O3S. The van der Waals surface area contributed by atoms with Gasteiger partial charge < -0.3 is 11.5 Å². The summed E-state index contributed by atoms with van der Waals surface area (Å²) in [7, 11) is -3.88. The van der Waals surface area contributed by atoms with Gasteiger partial charge in [0.25, 0.3) is 0 Å². The lowest BCUT2D eigenvalue weighted by Gasteiger charge is -2.16. The summed E-state index contributed by atoms with van der Waals surface area (Å²) < 4.78 is 23.8. The average molecular weight is 435 g/mol. The number of carbonyl (C=O) groups is 1. The second-order valence-electron chi connectivity index (χ2n) is 7.75. The number of primary sulfonamides is 1. The van der Waals surface area contributed by atoms with E-state index in [-0.39, 0.29) is 16.6 Å². The van der Waals surface area contributed by atoms with Gasteiger partial charge >= 0.3 is 0 Å². The molecule has 1 fully saturated rings. The van der Waals surface area contributed by atoms with Gasteiger partial charge in [0, 0.05) is 17.0 Å². The number of amidine groups is 1. The van der Waals surface area contributed by atoms with E-state index < -0.39 is 21.3 Å². The highest BCUT2D eigenvalue weighted by atomic mass is 32.2. The van der Waals surface area contributed by atoms with Crippen molar-refractivity contribution in [1.29, 1.82) is 5.41 Å². The molecule has 7 nitrogen and oxygen atoms in total. The van der Waals surface area contributed by atoms with Crippen LogP contribution in [0.2, 0.25) is 0 Å². The molecule has 0 aromatic heterocycles. The maximum Gasteiger partial charge on any atom is 0.238 e. The van der Waals surface area contributed by atoms with E-state index in [1.165, 1.54) is 6.07 Å². The smallest absolute Gasteiger partial charge is 0.238 e. The summed E-state index contributed by atoms with van der Waals surface area (Å²) in [5, 5.41) is 13.0. The molecule has 1 aliphatic rings. The van der Waals surface area contributed by atoms with E-state index in [0.29, 0.717) is 23.1 Å². The van der Waals surface area contributed by atoms with E-state index in [1.54, 1.807) is 48.5 Å². The standard InChI is InChI=1S/C23H22N4O3S/c24-21(25)16-5-3-4-15(12-16)19-13-23(19,22(26)28)17-10-8-14(9-11-17)18-6-1-2-7-20(18)31(27,29)30/h1-12,19H,13H2,(H3,24,25)(H2,26,28)(H2,27,29,30). The van der Waals surface area contributed by atoms with Crippen LogP contribution >= 0.6 is 0 Å². The Labute approximate surface area is 180 Å². The number of amides is 1. The van der Waals surface area contributed by atoms with Crippen molar-refractivity contribution >= 4 is 21.8 Å². The number of rotatable bonds is 6. The quantitative estimate of drug-likeness (QED) is 0.347. The molecular weight excluding hydrogens is 412 g/mol. The van der Waals surface area contributed by atoms with Gasteiger partial charge in [-0.15, -0.1) is 0 Å². The Morgan fingerprint density at radius 2 is 1.65 bits per heavy atom. The number of nitrogens with two attached hydrogens (primary N) is 3. The molecule has 31 heavy (non-hydrogen) atoms. The van der Waals surface area contributed by atoms with Crippen LogP contribution in [0.1, 0.15) is 29.0 Å². The fourth-order valence-corrected chi connectivity index (χ4v) is 4.98. The van der Waals surface area contributed by atoms with E-state index in [0.717, 1.165) is 11.1 Å². The molecule has 0 bridgehead atoms. The van der Waals surface area contributed by atoms with Crippen LogP contribution in [0.15, 0.2) is 77.7 Å². The SMILES string of the molecule is N=C(N)c1cccc(C2CC2(C(N)=O)c2ccc(-c3ccccc3S(N)(=O)=O)cc2)c1. The number of carbonyl (C=O) groups excluding carboxylic acids is 1. The zero-order valence-corrected chi connectivity index (χ0v) is 17.4. The third kappa shape index (κ3) is 3.60. The second kappa shape index (κ2) is 7.33. The van der Waals surface area contributed by atoms with Crippen LogP contribution in [-0.4, -0.2) is 20.2 Å². The van der Waals surface area contributed by atoms with E-state index in [4.69, 9.17) is 22.0 Å². The molecule has 3 aromatic rings. The lowest BCUT2D eigenvalue weighted by Crippen LogP contribution is -2.30. The fraction of sp³-hybridized carbons (Fsp3) is 0.130. The van der Waals surface area contributed by atoms with E-state index in [9.17, 15) is 13.2 Å². The first-order valence-electron chi connectivity index (χ1n) is 9.61. The Balaban J connectivity index is 1.71. The highest BCUT2D eigenvalue weighted by Crippen LogP contribution is 2.60. The summed E-state index contributed by atoms with van der Waals surface area (Å²) in [6.45, 7) is 0. The first kappa shape index (κ1) is 20.8. The molecule has 3 aromatic carbocycles. The number of primary amides is 1. The Hall–Kier alpha value is -3.49. The van der Waals surface area contributed by atoms with Crippen molar-refractivity contribution in [2.45, 2.75) is 22.6 Å². The Kier molecular flexibility index (Phi) is 4.91. The number of hydrogen-bond acceptors (Lipinski definition) is 4. The largest absolute Gasteiger partial charge is 0.384 e. The van der Waals surface area contributed by atoms with Gasteiger partial charge in [0.2, 0.25) is 15.9 Å². The molecule has 1 amide bonds. The minimum absolute atomic E-state index is 0.0370. The molecule has 1 saturated carbocycles. The predicted octanol–water partition coefficient (Wildman–Crippen LogP) is 2.20. The van der Waals surface area contributed by atoms with Crippen molar-refractivity contribution in [2.75, 3.05) is 0 Å². The van der Waals surface area contributed by atoms with Gasteiger partial charge in [0.05, 0.1) is 10.3 Å². The molecule has 0 spiro atoms. The molecule has 0 aliphatic heterocycles. The molecule has 0 radical (unpaired) electrons. The number of hydrogen-bond donors (Lipinski definition) is 4. The van der Waals surface area contributed by atoms with Gasteiger partial charge in [0.15, 0.2) is 0 Å². The van der Waals surface area contributed by atoms with E-state index in [2.05, 4.69) is 0 Å². The van der Waals surface area contributed by atoms with Gasteiger partial charge in [-0.3, -0.25) is 10.2 Å². The number of nitrogens with one attached hydrogen (secondary N) is 1.